The second-order valence-corrected chi connectivity index (χ2v) is 6.31. The van der Waals surface area contributed by atoms with E-state index in [4.69, 9.17) is 4.98 Å². The lowest BCUT2D eigenvalue weighted by Gasteiger charge is -2.31. The molecule has 114 valence electrons. The van der Waals surface area contributed by atoms with E-state index in [0.29, 0.717) is 0 Å². The van der Waals surface area contributed by atoms with E-state index in [1.54, 1.807) is 12.1 Å². The molecule has 0 amide bonds. The number of aromatic nitrogens is 1. The number of benzene rings is 1. The summed E-state index contributed by atoms with van der Waals surface area (Å²) in [4.78, 5) is 18.4. The first-order valence-electron chi connectivity index (χ1n) is 8.16. The number of aryl methyl sites for hydroxylation is 1. The highest BCUT2D eigenvalue weighted by Crippen LogP contribution is 2.38. The molecule has 0 unspecified atom stereocenters. The Morgan fingerprint density at radius 3 is 2.68 bits per heavy atom. The summed E-state index contributed by atoms with van der Waals surface area (Å²) in [6, 6.07) is 5.18. The van der Waals surface area contributed by atoms with Crippen molar-refractivity contribution in [3.63, 3.8) is 0 Å². The number of rotatable bonds is 2. The zero-order valence-corrected chi connectivity index (χ0v) is 12.6. The number of piperidine rings is 1. The normalized spacial score (nSPS) is 17.7. The van der Waals surface area contributed by atoms with Gasteiger partial charge in [0.15, 0.2) is 0 Å². The average Bonchev–Trinajstić information content (AvgIpc) is 3.00. The van der Waals surface area contributed by atoms with Gasteiger partial charge in [-0.05, 0) is 61.8 Å². The van der Waals surface area contributed by atoms with Crippen LogP contribution in [0.1, 0.15) is 47.3 Å². The number of nitrogens with zero attached hydrogens (tertiary/aromatic N) is 2. The molecular weight excluding hydrogens is 276 g/mol. The van der Waals surface area contributed by atoms with E-state index in [9.17, 15) is 9.90 Å². The molecule has 0 spiro atoms. The minimum absolute atomic E-state index is 0.241. The molecule has 0 atom stereocenters. The fourth-order valence-corrected chi connectivity index (χ4v) is 3.84. The first kappa shape index (κ1) is 13.6. The number of hydrogen-bond donors (Lipinski definition) is 0. The number of carboxylic acid groups (broad SMARTS) is 1. The van der Waals surface area contributed by atoms with Gasteiger partial charge >= 0.3 is 0 Å². The predicted octanol–water partition coefficient (Wildman–Crippen LogP) is 2.08. The van der Waals surface area contributed by atoms with Gasteiger partial charge in [0.2, 0.25) is 0 Å². The highest BCUT2D eigenvalue weighted by molar-refractivity contribution is 5.99. The Bertz CT molecular complexity index is 748. The smallest absolute Gasteiger partial charge is 0.0726 e. The third-order valence-electron chi connectivity index (χ3n) is 4.89. The van der Waals surface area contributed by atoms with Crippen molar-refractivity contribution in [3.05, 3.63) is 35.0 Å². The number of anilines is 1. The molecule has 0 saturated carbocycles. The molecule has 1 aliphatic carbocycles. The Morgan fingerprint density at radius 2 is 1.91 bits per heavy atom. The molecule has 0 radical (unpaired) electrons. The summed E-state index contributed by atoms with van der Waals surface area (Å²) in [7, 11) is 0. The van der Waals surface area contributed by atoms with E-state index >= 15 is 0 Å². The average molecular weight is 295 g/mol. The minimum Gasteiger partial charge on any atom is -0.545 e. The van der Waals surface area contributed by atoms with Crippen LogP contribution >= 0.6 is 0 Å². The van der Waals surface area contributed by atoms with Crippen LogP contribution in [0.2, 0.25) is 0 Å². The Morgan fingerprint density at radius 1 is 1.09 bits per heavy atom. The molecular formula is C18H19N2O2-. The number of fused-ring (bicyclic) bond motifs is 2. The van der Waals surface area contributed by atoms with E-state index in [0.717, 1.165) is 43.3 Å². The number of hydrogen-bond acceptors (Lipinski definition) is 4. The van der Waals surface area contributed by atoms with Crippen LogP contribution < -0.4 is 10.0 Å². The van der Waals surface area contributed by atoms with Crippen LogP contribution in [0.25, 0.3) is 10.9 Å². The van der Waals surface area contributed by atoms with Crippen molar-refractivity contribution in [2.45, 2.75) is 38.5 Å². The summed E-state index contributed by atoms with van der Waals surface area (Å²) in [5.41, 5.74) is 4.93. The number of pyridine rings is 1. The third-order valence-corrected chi connectivity index (χ3v) is 4.89. The number of carboxylic acids is 1. The predicted molar refractivity (Wildman–Crippen MR) is 84.2 cm³/mol. The van der Waals surface area contributed by atoms with Gasteiger partial charge in [0, 0.05) is 24.2 Å². The van der Waals surface area contributed by atoms with Crippen LogP contribution in [0.4, 0.5) is 5.69 Å². The van der Waals surface area contributed by atoms with Crippen molar-refractivity contribution >= 4 is 22.6 Å². The maximum absolute atomic E-state index is 11.2. The zero-order chi connectivity index (χ0) is 15.1. The fraction of sp³-hybridized carbons (Fsp3) is 0.444. The van der Waals surface area contributed by atoms with Gasteiger partial charge < -0.3 is 14.8 Å². The van der Waals surface area contributed by atoms with Crippen LogP contribution in [0.3, 0.4) is 0 Å². The number of carbonyl (C=O) groups excluding carboxylic acids is 1. The molecule has 1 saturated heterocycles. The summed E-state index contributed by atoms with van der Waals surface area (Å²) in [6.45, 7) is 2.11. The quantitative estimate of drug-likeness (QED) is 0.851. The van der Waals surface area contributed by atoms with Crippen molar-refractivity contribution in [1.29, 1.82) is 0 Å². The largest absolute Gasteiger partial charge is 0.545 e. The lowest BCUT2D eigenvalue weighted by atomic mass is 10.0. The molecule has 1 aliphatic heterocycles. The molecule has 22 heavy (non-hydrogen) atoms. The van der Waals surface area contributed by atoms with Crippen LogP contribution in [0, 0.1) is 0 Å². The van der Waals surface area contributed by atoms with Crippen LogP contribution in [-0.4, -0.2) is 24.0 Å². The molecule has 1 aromatic carbocycles. The Balaban J connectivity index is 1.96. The SMILES string of the molecule is O=C([O-])c1ccc2nc3c(c(N4CCCCC4)c2c1)CCC3. The highest BCUT2D eigenvalue weighted by atomic mass is 16.4. The van der Waals surface area contributed by atoms with Crippen molar-refractivity contribution in [2.24, 2.45) is 0 Å². The minimum atomic E-state index is -1.12. The van der Waals surface area contributed by atoms with Crippen LogP contribution in [-0.2, 0) is 12.8 Å². The van der Waals surface area contributed by atoms with E-state index < -0.39 is 5.97 Å². The van der Waals surface area contributed by atoms with Crippen molar-refractivity contribution in [3.8, 4) is 0 Å². The second-order valence-electron chi connectivity index (χ2n) is 6.31. The van der Waals surface area contributed by atoms with Crippen LogP contribution in [0.5, 0.6) is 0 Å². The molecule has 4 rings (SSSR count). The first-order chi connectivity index (χ1) is 10.7. The van der Waals surface area contributed by atoms with E-state index in [1.807, 2.05) is 6.07 Å². The van der Waals surface area contributed by atoms with Gasteiger partial charge in [-0.25, -0.2) is 0 Å². The molecule has 4 nitrogen and oxygen atoms in total. The molecule has 0 N–H and O–H groups in total. The summed E-state index contributed by atoms with van der Waals surface area (Å²) in [5.74, 6) is -1.12. The maximum atomic E-state index is 11.2. The Hall–Kier alpha value is -2.10. The van der Waals surface area contributed by atoms with Crippen molar-refractivity contribution < 1.29 is 9.90 Å². The van der Waals surface area contributed by atoms with Crippen LogP contribution in [0.15, 0.2) is 18.2 Å². The summed E-state index contributed by atoms with van der Waals surface area (Å²) in [6.07, 6.45) is 6.93. The van der Waals surface area contributed by atoms with Crippen molar-refractivity contribution in [2.75, 3.05) is 18.0 Å². The first-order valence-corrected chi connectivity index (χ1v) is 8.16. The standard InChI is InChI=1S/C18H20N2O2/c21-18(22)12-7-8-16-14(11-12)17(20-9-2-1-3-10-20)13-5-4-6-15(13)19-16/h7-8,11H,1-6,9-10H2,(H,21,22)/p-1. The van der Waals surface area contributed by atoms with Crippen molar-refractivity contribution in [1.82, 2.24) is 4.98 Å². The zero-order valence-electron chi connectivity index (χ0n) is 12.6. The van der Waals surface area contributed by atoms with Gasteiger partial charge in [0.1, 0.15) is 0 Å². The summed E-state index contributed by atoms with van der Waals surface area (Å²) in [5, 5.41) is 12.2. The van der Waals surface area contributed by atoms with Gasteiger partial charge in [-0.2, -0.15) is 0 Å². The summed E-state index contributed by atoms with van der Waals surface area (Å²) >= 11 is 0. The molecule has 0 bridgehead atoms. The Kier molecular flexibility index (Phi) is 3.25. The molecule has 2 aromatic rings. The monoisotopic (exact) mass is 295 g/mol. The van der Waals surface area contributed by atoms with Gasteiger partial charge in [0.25, 0.3) is 0 Å². The molecule has 4 heteroatoms. The third kappa shape index (κ3) is 2.14. The lowest BCUT2D eigenvalue weighted by Crippen LogP contribution is -2.30. The fourth-order valence-electron chi connectivity index (χ4n) is 3.84. The molecule has 1 fully saturated rings. The van der Waals surface area contributed by atoms with E-state index in [-0.39, 0.29) is 5.56 Å². The number of aromatic carboxylic acids is 1. The Labute approximate surface area is 129 Å². The van der Waals surface area contributed by atoms with Gasteiger partial charge in [-0.1, -0.05) is 6.07 Å². The number of carbonyl (C=O) groups is 1. The highest BCUT2D eigenvalue weighted by Gasteiger charge is 2.24. The molecule has 1 aromatic heterocycles. The topological polar surface area (TPSA) is 56.3 Å². The van der Waals surface area contributed by atoms with E-state index in [2.05, 4.69) is 4.90 Å². The second kappa shape index (κ2) is 5.27. The lowest BCUT2D eigenvalue weighted by molar-refractivity contribution is -0.255. The molecule has 2 aliphatic rings. The summed E-state index contributed by atoms with van der Waals surface area (Å²) < 4.78 is 0. The molecule has 2 heterocycles. The van der Waals surface area contributed by atoms with Gasteiger partial charge in [-0.15, -0.1) is 0 Å². The van der Waals surface area contributed by atoms with Gasteiger partial charge in [0.05, 0.1) is 17.2 Å². The van der Waals surface area contributed by atoms with Gasteiger partial charge in [-0.3, -0.25) is 4.98 Å². The maximum Gasteiger partial charge on any atom is 0.0726 e. The van der Waals surface area contributed by atoms with E-state index in [1.165, 1.54) is 36.2 Å².